The Morgan fingerprint density at radius 1 is 1.73 bits per heavy atom. The van der Waals surface area contributed by atoms with Gasteiger partial charge in [-0.05, 0) is 19.1 Å². The van der Waals surface area contributed by atoms with Crippen molar-refractivity contribution in [2.24, 2.45) is 5.16 Å². The van der Waals surface area contributed by atoms with Gasteiger partial charge in [-0.25, -0.2) is 0 Å². The van der Waals surface area contributed by atoms with Crippen molar-refractivity contribution in [3.63, 3.8) is 0 Å². The van der Waals surface area contributed by atoms with E-state index >= 15 is 0 Å². The highest BCUT2D eigenvalue weighted by Gasteiger charge is 2.01. The van der Waals surface area contributed by atoms with Crippen LogP contribution in [0.5, 0.6) is 0 Å². The number of halogens is 1. The van der Waals surface area contributed by atoms with Crippen LogP contribution < -0.4 is 0 Å². The molecule has 1 aromatic rings. The molecule has 0 aliphatic carbocycles. The van der Waals surface area contributed by atoms with Crippen molar-refractivity contribution in [1.29, 1.82) is 0 Å². The second-order valence-corrected chi connectivity index (χ2v) is 3.67. The first-order valence-electron chi connectivity index (χ1n) is 4.55. The maximum atomic E-state index is 9.19. The van der Waals surface area contributed by atoms with Gasteiger partial charge in [0.1, 0.15) is 12.7 Å². The normalized spacial score (nSPS) is 13.7. The zero-order valence-corrected chi connectivity index (χ0v) is 10.0. The second-order valence-electron chi connectivity index (χ2n) is 3.02. The zero-order valence-electron chi connectivity index (χ0n) is 8.43. The van der Waals surface area contributed by atoms with Gasteiger partial charge in [-0.2, -0.15) is 0 Å². The van der Waals surface area contributed by atoms with E-state index in [2.05, 4.69) is 26.1 Å². The Hall–Kier alpha value is -0.940. The van der Waals surface area contributed by atoms with Crippen LogP contribution in [-0.2, 0) is 4.84 Å². The van der Waals surface area contributed by atoms with E-state index in [1.807, 2.05) is 19.1 Å². The molecule has 0 saturated carbocycles. The summed E-state index contributed by atoms with van der Waals surface area (Å²) in [5.41, 5.74) is 1.65. The summed E-state index contributed by atoms with van der Waals surface area (Å²) in [6, 6.07) is 3.73. The molecule has 82 valence electrons. The van der Waals surface area contributed by atoms with Crippen LogP contribution in [0.25, 0.3) is 0 Å². The number of oxime groups is 1. The van der Waals surface area contributed by atoms with Gasteiger partial charge in [-0.15, -0.1) is 0 Å². The van der Waals surface area contributed by atoms with Crippen molar-refractivity contribution >= 4 is 21.6 Å². The van der Waals surface area contributed by atoms with E-state index in [9.17, 15) is 5.11 Å². The molecule has 1 aromatic heterocycles. The van der Waals surface area contributed by atoms with Crippen LogP contribution in [0.15, 0.2) is 29.7 Å². The Morgan fingerprint density at radius 2 is 2.53 bits per heavy atom. The van der Waals surface area contributed by atoms with Crippen LogP contribution in [0.3, 0.4) is 0 Å². The predicted molar refractivity (Wildman–Crippen MR) is 62.2 cm³/mol. The lowest BCUT2D eigenvalue weighted by Crippen LogP contribution is -2.15. The first-order chi connectivity index (χ1) is 7.24. The molecule has 1 atom stereocenters. The van der Waals surface area contributed by atoms with E-state index in [-0.39, 0.29) is 6.61 Å². The standard InChI is InChI=1S/C10H13BrN2O2/c1-8(9-3-2-4-12-6-9)13-15-7-10(14)5-11/h2-4,6,10,14H,5,7H2,1H3/b13-8+. The molecule has 5 heteroatoms. The molecule has 0 saturated heterocycles. The molecule has 0 bridgehead atoms. The van der Waals surface area contributed by atoms with Crippen molar-refractivity contribution in [2.45, 2.75) is 13.0 Å². The zero-order chi connectivity index (χ0) is 11.1. The molecule has 15 heavy (non-hydrogen) atoms. The summed E-state index contributed by atoms with van der Waals surface area (Å²) in [5.74, 6) is 0. The van der Waals surface area contributed by atoms with Gasteiger partial charge in [0.05, 0.1) is 5.71 Å². The molecule has 1 heterocycles. The monoisotopic (exact) mass is 272 g/mol. The van der Waals surface area contributed by atoms with Gasteiger partial charge in [0.2, 0.25) is 0 Å². The Morgan fingerprint density at radius 3 is 3.13 bits per heavy atom. The first-order valence-corrected chi connectivity index (χ1v) is 5.67. The maximum Gasteiger partial charge on any atom is 0.143 e. The van der Waals surface area contributed by atoms with E-state index in [1.54, 1.807) is 12.4 Å². The molecule has 0 spiro atoms. The summed E-state index contributed by atoms with van der Waals surface area (Å²) in [4.78, 5) is 8.95. The smallest absolute Gasteiger partial charge is 0.143 e. The number of aliphatic hydroxyl groups is 1. The molecule has 1 rings (SSSR count). The van der Waals surface area contributed by atoms with Crippen molar-refractivity contribution in [2.75, 3.05) is 11.9 Å². The maximum absolute atomic E-state index is 9.19. The minimum atomic E-state index is -0.532. The van der Waals surface area contributed by atoms with Gasteiger partial charge in [0, 0.05) is 23.3 Å². The third-order valence-corrected chi connectivity index (χ3v) is 2.47. The Kier molecular flexibility index (Phi) is 5.28. The number of aliphatic hydroxyl groups excluding tert-OH is 1. The van der Waals surface area contributed by atoms with Gasteiger partial charge < -0.3 is 9.94 Å². The Labute approximate surface area is 97.1 Å². The molecule has 0 aliphatic heterocycles. The summed E-state index contributed by atoms with van der Waals surface area (Å²) in [7, 11) is 0. The molecule has 1 unspecified atom stereocenters. The van der Waals surface area contributed by atoms with E-state index < -0.39 is 6.10 Å². The average Bonchev–Trinajstić information content (AvgIpc) is 2.29. The van der Waals surface area contributed by atoms with Crippen molar-refractivity contribution in [3.05, 3.63) is 30.1 Å². The van der Waals surface area contributed by atoms with Crippen molar-refractivity contribution in [3.8, 4) is 0 Å². The number of pyridine rings is 1. The fraction of sp³-hybridized carbons (Fsp3) is 0.400. The highest BCUT2D eigenvalue weighted by atomic mass is 79.9. The summed E-state index contributed by atoms with van der Waals surface area (Å²) in [6.07, 6.45) is 2.88. The average molecular weight is 273 g/mol. The highest BCUT2D eigenvalue weighted by Crippen LogP contribution is 1.99. The first kappa shape index (κ1) is 12.1. The summed E-state index contributed by atoms with van der Waals surface area (Å²) in [5, 5.41) is 13.5. The van der Waals surface area contributed by atoms with Gasteiger partial charge in [0.25, 0.3) is 0 Å². The third kappa shape index (κ3) is 4.40. The number of rotatable bonds is 5. The van der Waals surface area contributed by atoms with Crippen LogP contribution >= 0.6 is 15.9 Å². The van der Waals surface area contributed by atoms with E-state index in [0.29, 0.717) is 5.33 Å². The second kappa shape index (κ2) is 6.53. The molecule has 0 aromatic carbocycles. The minimum absolute atomic E-state index is 0.183. The van der Waals surface area contributed by atoms with E-state index in [0.717, 1.165) is 11.3 Å². The molecular weight excluding hydrogens is 260 g/mol. The van der Waals surface area contributed by atoms with Crippen LogP contribution in [0, 0.1) is 0 Å². The Balaban J connectivity index is 2.47. The molecule has 0 amide bonds. The fourth-order valence-electron chi connectivity index (χ4n) is 0.894. The number of hydrogen-bond donors (Lipinski definition) is 1. The lowest BCUT2D eigenvalue weighted by atomic mass is 10.2. The van der Waals surface area contributed by atoms with Crippen LogP contribution in [0.2, 0.25) is 0 Å². The lowest BCUT2D eigenvalue weighted by molar-refractivity contribution is 0.0531. The van der Waals surface area contributed by atoms with Gasteiger partial charge in [0.15, 0.2) is 0 Å². The predicted octanol–water partition coefficient (Wildman–Crippen LogP) is 1.58. The summed E-state index contributed by atoms with van der Waals surface area (Å²) in [6.45, 7) is 2.01. The van der Waals surface area contributed by atoms with Crippen molar-refractivity contribution < 1.29 is 9.94 Å². The van der Waals surface area contributed by atoms with E-state index in [1.165, 1.54) is 0 Å². The lowest BCUT2D eigenvalue weighted by Gasteiger charge is -2.05. The van der Waals surface area contributed by atoms with Gasteiger partial charge >= 0.3 is 0 Å². The third-order valence-electron chi connectivity index (χ3n) is 1.73. The van der Waals surface area contributed by atoms with Crippen LogP contribution in [-0.4, -0.2) is 33.8 Å². The van der Waals surface area contributed by atoms with Gasteiger partial charge in [-0.3, -0.25) is 4.98 Å². The number of aromatic nitrogens is 1. The van der Waals surface area contributed by atoms with E-state index in [4.69, 9.17) is 4.84 Å². The fourth-order valence-corrected chi connectivity index (χ4v) is 1.08. The van der Waals surface area contributed by atoms with Crippen LogP contribution in [0.4, 0.5) is 0 Å². The SMILES string of the molecule is C/C(=N\OCC(O)CBr)c1cccnc1. The molecule has 0 fully saturated rings. The van der Waals surface area contributed by atoms with Crippen LogP contribution in [0.1, 0.15) is 12.5 Å². The highest BCUT2D eigenvalue weighted by molar-refractivity contribution is 9.09. The molecular formula is C10H13BrN2O2. The topological polar surface area (TPSA) is 54.7 Å². The molecule has 0 aliphatic rings. The largest absolute Gasteiger partial charge is 0.393 e. The summed E-state index contributed by atoms with van der Waals surface area (Å²) >= 11 is 3.14. The van der Waals surface area contributed by atoms with Gasteiger partial charge in [-0.1, -0.05) is 21.1 Å². The quantitative estimate of drug-likeness (QED) is 0.503. The summed E-state index contributed by atoms with van der Waals surface area (Å²) < 4.78 is 0. The number of alkyl halides is 1. The number of nitrogens with zero attached hydrogens (tertiary/aromatic N) is 2. The molecule has 1 N–H and O–H groups in total. The Bertz CT molecular complexity index is 316. The molecule has 4 nitrogen and oxygen atoms in total. The molecule has 0 radical (unpaired) electrons. The minimum Gasteiger partial charge on any atom is -0.393 e. The number of hydrogen-bond acceptors (Lipinski definition) is 4. The van der Waals surface area contributed by atoms with Crippen molar-refractivity contribution in [1.82, 2.24) is 4.98 Å².